The average Bonchev–Trinajstić information content (AvgIpc) is 3.30. The van der Waals surface area contributed by atoms with E-state index in [1.165, 1.54) is 37.1 Å². The molecule has 22 heavy (non-hydrogen) atoms. The normalized spacial score (nSPS) is 34.0. The van der Waals surface area contributed by atoms with Gasteiger partial charge in [-0.05, 0) is 60.6 Å². The van der Waals surface area contributed by atoms with Gasteiger partial charge in [0.2, 0.25) is 5.69 Å². The molecular formula is C19H25N3. The molecule has 2 bridgehead atoms. The molecule has 2 N–H and O–H groups in total. The Kier molecular flexibility index (Phi) is 3.03. The van der Waals surface area contributed by atoms with Gasteiger partial charge in [0.1, 0.15) is 0 Å². The van der Waals surface area contributed by atoms with Crippen LogP contribution in [-0.4, -0.2) is 24.0 Å². The minimum absolute atomic E-state index is 0.128. The predicted molar refractivity (Wildman–Crippen MR) is 90.0 cm³/mol. The zero-order chi connectivity index (χ0) is 15.5. The molecule has 3 heteroatoms. The van der Waals surface area contributed by atoms with Gasteiger partial charge in [-0.25, -0.2) is 4.85 Å². The molecule has 3 atom stereocenters. The van der Waals surface area contributed by atoms with Gasteiger partial charge in [-0.3, -0.25) is 4.90 Å². The van der Waals surface area contributed by atoms with E-state index in [0.717, 1.165) is 24.4 Å². The van der Waals surface area contributed by atoms with E-state index >= 15 is 0 Å². The van der Waals surface area contributed by atoms with Gasteiger partial charge in [0, 0.05) is 18.3 Å². The Bertz CT molecular complexity index is 655. The minimum atomic E-state index is 0.128. The molecule has 1 saturated heterocycles. The number of likely N-dealkylation sites (tertiary alicyclic amines) is 1. The summed E-state index contributed by atoms with van der Waals surface area (Å²) in [5, 5.41) is 0. The van der Waals surface area contributed by atoms with Crippen molar-refractivity contribution >= 4 is 11.4 Å². The molecule has 0 aromatic heterocycles. The second-order valence-corrected chi connectivity index (χ2v) is 7.81. The van der Waals surface area contributed by atoms with Crippen molar-refractivity contribution < 1.29 is 0 Å². The molecule has 2 fully saturated rings. The quantitative estimate of drug-likeness (QED) is 0.666. The highest BCUT2D eigenvalue weighted by Gasteiger charge is 2.49. The highest BCUT2D eigenvalue weighted by atomic mass is 15.2. The molecule has 1 aromatic carbocycles. The number of nitrogen functional groups attached to an aromatic ring is 1. The zero-order valence-corrected chi connectivity index (χ0v) is 13.6. The number of hydrogen-bond acceptors (Lipinski definition) is 2. The van der Waals surface area contributed by atoms with Crippen LogP contribution < -0.4 is 5.73 Å². The van der Waals surface area contributed by atoms with Crippen LogP contribution in [0, 0.1) is 18.4 Å². The predicted octanol–water partition coefficient (Wildman–Crippen LogP) is 3.75. The molecule has 0 spiro atoms. The molecule has 2 aliphatic carbocycles. The molecule has 1 aromatic rings. The Balaban J connectivity index is 1.77. The Hall–Kier alpha value is -1.53. The van der Waals surface area contributed by atoms with E-state index in [-0.39, 0.29) is 5.41 Å². The van der Waals surface area contributed by atoms with Crippen molar-refractivity contribution in [1.29, 1.82) is 0 Å². The SMILES string of the molecule is [C-]#[N+]c1ccc2c(c1N)[C@@]1(C)CCN(CC3CC3)C(C2)[C@@H]1C. The van der Waals surface area contributed by atoms with E-state index in [1.54, 1.807) is 0 Å². The third kappa shape index (κ3) is 1.90. The Morgan fingerprint density at radius 2 is 2.18 bits per heavy atom. The van der Waals surface area contributed by atoms with Gasteiger partial charge in [-0.15, -0.1) is 0 Å². The maximum Gasteiger partial charge on any atom is 0.209 e. The fraction of sp³-hybridized carbons (Fsp3) is 0.632. The second-order valence-electron chi connectivity index (χ2n) is 7.81. The largest absolute Gasteiger partial charge is 0.407 e. The summed E-state index contributed by atoms with van der Waals surface area (Å²) in [6, 6.07) is 4.73. The van der Waals surface area contributed by atoms with Gasteiger partial charge in [0.25, 0.3) is 0 Å². The maximum absolute atomic E-state index is 7.35. The van der Waals surface area contributed by atoms with Crippen molar-refractivity contribution in [3.63, 3.8) is 0 Å². The van der Waals surface area contributed by atoms with Crippen molar-refractivity contribution in [1.82, 2.24) is 4.90 Å². The third-order valence-electron chi connectivity index (χ3n) is 6.59. The molecule has 4 rings (SSSR count). The second kappa shape index (κ2) is 4.73. The van der Waals surface area contributed by atoms with Crippen molar-refractivity contribution in [3.8, 4) is 0 Å². The number of rotatable bonds is 2. The maximum atomic E-state index is 7.35. The molecule has 0 amide bonds. The van der Waals surface area contributed by atoms with E-state index in [9.17, 15) is 0 Å². The molecule has 1 aliphatic heterocycles. The van der Waals surface area contributed by atoms with E-state index in [0.29, 0.717) is 17.6 Å². The first-order valence-electron chi connectivity index (χ1n) is 8.58. The summed E-state index contributed by atoms with van der Waals surface area (Å²) in [5.74, 6) is 1.56. The summed E-state index contributed by atoms with van der Waals surface area (Å²) in [6.07, 6.45) is 5.11. The van der Waals surface area contributed by atoms with E-state index in [4.69, 9.17) is 12.3 Å². The fourth-order valence-electron chi connectivity index (χ4n) is 4.85. The van der Waals surface area contributed by atoms with Crippen LogP contribution in [0.15, 0.2) is 12.1 Å². The van der Waals surface area contributed by atoms with Crippen LogP contribution in [-0.2, 0) is 11.8 Å². The summed E-state index contributed by atoms with van der Waals surface area (Å²) < 4.78 is 0. The lowest BCUT2D eigenvalue weighted by Crippen LogP contribution is -2.58. The zero-order valence-electron chi connectivity index (χ0n) is 13.6. The number of nitrogens with zero attached hydrogens (tertiary/aromatic N) is 2. The molecular weight excluding hydrogens is 270 g/mol. The van der Waals surface area contributed by atoms with Crippen LogP contribution in [0.4, 0.5) is 11.4 Å². The van der Waals surface area contributed by atoms with Crippen LogP contribution in [0.1, 0.15) is 44.2 Å². The molecule has 3 nitrogen and oxygen atoms in total. The van der Waals surface area contributed by atoms with Crippen LogP contribution >= 0.6 is 0 Å². The standard InChI is InChI=1S/C19H25N3/c1-12-16-10-14-6-7-15(21-3)18(20)17(14)19(12,2)8-9-22(16)11-13-4-5-13/h6-7,12-13,16H,4-5,8-11,20H2,1-2H3/t12-,16?,19-/m0/s1. The van der Waals surface area contributed by atoms with Crippen LogP contribution in [0.3, 0.4) is 0 Å². The summed E-state index contributed by atoms with van der Waals surface area (Å²) in [5.41, 5.74) is 10.6. The smallest absolute Gasteiger partial charge is 0.209 e. The molecule has 1 heterocycles. The lowest BCUT2D eigenvalue weighted by Gasteiger charge is -2.55. The first kappa shape index (κ1) is 14.1. The molecule has 3 aliphatic rings. The third-order valence-corrected chi connectivity index (χ3v) is 6.59. The number of nitrogens with two attached hydrogens (primary N) is 1. The molecule has 0 radical (unpaired) electrons. The number of hydrogen-bond donors (Lipinski definition) is 1. The van der Waals surface area contributed by atoms with Gasteiger partial charge < -0.3 is 5.73 Å². The van der Waals surface area contributed by atoms with Crippen LogP contribution in [0.25, 0.3) is 4.85 Å². The number of anilines is 1. The van der Waals surface area contributed by atoms with E-state index < -0.39 is 0 Å². The first-order chi connectivity index (χ1) is 10.5. The average molecular weight is 295 g/mol. The summed E-state index contributed by atoms with van der Waals surface area (Å²) >= 11 is 0. The van der Waals surface area contributed by atoms with Crippen LogP contribution in [0.5, 0.6) is 0 Å². The molecule has 1 unspecified atom stereocenters. The van der Waals surface area contributed by atoms with E-state index in [2.05, 4.69) is 29.7 Å². The van der Waals surface area contributed by atoms with Crippen molar-refractivity contribution in [2.45, 2.75) is 51.0 Å². The monoisotopic (exact) mass is 295 g/mol. The van der Waals surface area contributed by atoms with Crippen molar-refractivity contribution in [3.05, 3.63) is 34.7 Å². The summed E-state index contributed by atoms with van der Waals surface area (Å²) in [7, 11) is 0. The molecule has 116 valence electrons. The Morgan fingerprint density at radius 3 is 2.86 bits per heavy atom. The highest BCUT2D eigenvalue weighted by molar-refractivity contribution is 5.74. The topological polar surface area (TPSA) is 33.6 Å². The lowest BCUT2D eigenvalue weighted by atomic mass is 9.58. The number of fused-ring (bicyclic) bond motifs is 4. The number of benzene rings is 1. The van der Waals surface area contributed by atoms with E-state index in [1.807, 2.05) is 6.07 Å². The summed E-state index contributed by atoms with van der Waals surface area (Å²) in [4.78, 5) is 6.36. The Morgan fingerprint density at radius 1 is 1.41 bits per heavy atom. The highest BCUT2D eigenvalue weighted by Crippen LogP contribution is 2.52. The van der Waals surface area contributed by atoms with Gasteiger partial charge in [0.05, 0.1) is 6.57 Å². The number of piperidine rings is 1. The van der Waals surface area contributed by atoms with Gasteiger partial charge in [0.15, 0.2) is 0 Å². The van der Waals surface area contributed by atoms with Crippen molar-refractivity contribution in [2.24, 2.45) is 11.8 Å². The summed E-state index contributed by atoms with van der Waals surface area (Å²) in [6.45, 7) is 14.6. The Labute approximate surface area is 133 Å². The first-order valence-corrected chi connectivity index (χ1v) is 8.58. The van der Waals surface area contributed by atoms with Gasteiger partial charge in [-0.2, -0.15) is 0 Å². The fourth-order valence-corrected chi connectivity index (χ4v) is 4.85. The lowest BCUT2D eigenvalue weighted by molar-refractivity contribution is 0.0288. The van der Waals surface area contributed by atoms with Crippen molar-refractivity contribution in [2.75, 3.05) is 18.8 Å². The van der Waals surface area contributed by atoms with Gasteiger partial charge >= 0.3 is 0 Å². The minimum Gasteiger partial charge on any atom is -0.407 e. The van der Waals surface area contributed by atoms with Crippen LogP contribution in [0.2, 0.25) is 0 Å². The van der Waals surface area contributed by atoms with Gasteiger partial charge in [-0.1, -0.05) is 26.0 Å². The molecule has 1 saturated carbocycles.